The van der Waals surface area contributed by atoms with E-state index in [-0.39, 0.29) is 11.2 Å². The standard InChI is InChI=1S/C24H31N5O4S2/c1-6-19(21-14-34-24(28-21)29-35(31,32)18-9-10-18)23(30)27-20-11-8-17(12-15(20)3)16(4)26-22(13-25-5)33-7-2/h8,11-14,18-19H,5-7,9-10H2,1-4H3,(H,27,30)(H,28,29)/b22-13+,26-16+. The predicted octanol–water partition coefficient (Wildman–Crippen LogP) is 4.83. The number of aromatic nitrogens is 1. The topological polar surface area (TPSA) is 122 Å². The van der Waals surface area contributed by atoms with Crippen molar-refractivity contribution in [2.24, 2.45) is 9.98 Å². The third kappa shape index (κ3) is 6.98. The van der Waals surface area contributed by atoms with Crippen molar-refractivity contribution in [3.05, 3.63) is 52.5 Å². The number of sulfonamides is 1. The van der Waals surface area contributed by atoms with Gasteiger partial charge in [0.1, 0.15) is 0 Å². The smallest absolute Gasteiger partial charge is 0.237 e. The van der Waals surface area contributed by atoms with E-state index in [4.69, 9.17) is 4.74 Å². The molecule has 188 valence electrons. The van der Waals surface area contributed by atoms with Crippen LogP contribution < -0.4 is 10.0 Å². The van der Waals surface area contributed by atoms with Crippen molar-refractivity contribution in [2.45, 2.75) is 58.1 Å². The summed E-state index contributed by atoms with van der Waals surface area (Å²) in [7, 11) is -3.39. The Bertz CT molecular complexity index is 1250. The third-order valence-electron chi connectivity index (χ3n) is 5.47. The highest BCUT2D eigenvalue weighted by molar-refractivity contribution is 7.93. The molecule has 1 heterocycles. The SMILES string of the molecule is C=N/C=C(\N=C(/C)c1ccc(NC(=O)C(CC)c2csc(NS(=O)(=O)C3CC3)n2)c(C)c1)OCC. The van der Waals surface area contributed by atoms with E-state index in [0.29, 0.717) is 48.3 Å². The molecule has 0 aliphatic heterocycles. The molecule has 1 unspecified atom stereocenters. The Morgan fingerprint density at radius 3 is 2.71 bits per heavy atom. The monoisotopic (exact) mass is 517 g/mol. The molecule has 0 bridgehead atoms. The summed E-state index contributed by atoms with van der Waals surface area (Å²) in [6.07, 6.45) is 3.33. The minimum atomic E-state index is -3.39. The van der Waals surface area contributed by atoms with Crippen molar-refractivity contribution in [2.75, 3.05) is 16.6 Å². The molecule has 1 amide bonds. The minimum Gasteiger partial charge on any atom is -0.477 e. The zero-order chi connectivity index (χ0) is 25.6. The van der Waals surface area contributed by atoms with E-state index in [1.54, 1.807) is 5.38 Å². The van der Waals surface area contributed by atoms with Crippen LogP contribution in [-0.2, 0) is 19.6 Å². The van der Waals surface area contributed by atoms with E-state index in [1.165, 1.54) is 17.5 Å². The van der Waals surface area contributed by atoms with Crippen molar-refractivity contribution in [3.63, 3.8) is 0 Å². The number of carbonyl (C=O) groups is 1. The van der Waals surface area contributed by atoms with Crippen LogP contribution in [-0.4, -0.2) is 43.6 Å². The fourth-order valence-corrected chi connectivity index (χ4v) is 5.77. The quantitative estimate of drug-likeness (QED) is 0.308. The largest absolute Gasteiger partial charge is 0.477 e. The molecule has 1 aliphatic rings. The highest BCUT2D eigenvalue weighted by Crippen LogP contribution is 2.32. The van der Waals surface area contributed by atoms with Gasteiger partial charge < -0.3 is 10.1 Å². The first kappa shape index (κ1) is 26.6. The molecule has 35 heavy (non-hydrogen) atoms. The minimum absolute atomic E-state index is 0.200. The van der Waals surface area contributed by atoms with Crippen molar-refractivity contribution in [1.82, 2.24) is 4.98 Å². The molecule has 1 fully saturated rings. The second kappa shape index (κ2) is 11.6. The maximum Gasteiger partial charge on any atom is 0.237 e. The average molecular weight is 518 g/mol. The summed E-state index contributed by atoms with van der Waals surface area (Å²) < 4.78 is 32.3. The fraction of sp³-hybridized carbons (Fsp3) is 0.417. The maximum atomic E-state index is 13.1. The summed E-state index contributed by atoms with van der Waals surface area (Å²) in [4.78, 5) is 25.6. The molecule has 1 atom stereocenters. The van der Waals surface area contributed by atoms with Gasteiger partial charge in [-0.05, 0) is 70.0 Å². The Morgan fingerprint density at radius 2 is 2.11 bits per heavy atom. The van der Waals surface area contributed by atoms with Crippen LogP contribution in [0.15, 0.2) is 45.6 Å². The lowest BCUT2D eigenvalue weighted by atomic mass is 10.0. The van der Waals surface area contributed by atoms with Crippen LogP contribution in [0, 0.1) is 6.92 Å². The normalized spacial score (nSPS) is 15.4. The molecule has 0 radical (unpaired) electrons. The summed E-state index contributed by atoms with van der Waals surface area (Å²) in [5.74, 6) is -0.324. The number of amides is 1. The van der Waals surface area contributed by atoms with Crippen LogP contribution in [0.1, 0.15) is 62.8 Å². The van der Waals surface area contributed by atoms with E-state index in [9.17, 15) is 13.2 Å². The molecular weight excluding hydrogens is 486 g/mol. The first-order valence-corrected chi connectivity index (χ1v) is 13.8. The Morgan fingerprint density at radius 1 is 1.37 bits per heavy atom. The molecule has 1 aromatic carbocycles. The number of hydrogen-bond donors (Lipinski definition) is 2. The molecule has 2 aromatic rings. The predicted molar refractivity (Wildman–Crippen MR) is 142 cm³/mol. The van der Waals surface area contributed by atoms with Crippen LogP contribution >= 0.6 is 11.3 Å². The van der Waals surface area contributed by atoms with Gasteiger partial charge in [-0.2, -0.15) is 0 Å². The first-order chi connectivity index (χ1) is 16.7. The van der Waals surface area contributed by atoms with Crippen LogP contribution in [0.25, 0.3) is 0 Å². The lowest BCUT2D eigenvalue weighted by Crippen LogP contribution is -2.22. The van der Waals surface area contributed by atoms with Crippen molar-refractivity contribution in [1.29, 1.82) is 0 Å². The van der Waals surface area contributed by atoms with Gasteiger partial charge in [0.2, 0.25) is 21.8 Å². The van der Waals surface area contributed by atoms with E-state index in [1.807, 2.05) is 45.9 Å². The molecular formula is C24H31N5O4S2. The van der Waals surface area contributed by atoms with Gasteiger partial charge in [-0.15, -0.1) is 11.3 Å². The molecule has 1 aliphatic carbocycles. The Balaban J connectivity index is 1.72. The summed E-state index contributed by atoms with van der Waals surface area (Å²) in [6, 6.07) is 5.65. The number of nitrogens with zero attached hydrogens (tertiary/aromatic N) is 3. The molecule has 2 N–H and O–H groups in total. The van der Waals surface area contributed by atoms with E-state index >= 15 is 0 Å². The molecule has 0 spiro atoms. The second-order valence-electron chi connectivity index (χ2n) is 8.18. The highest BCUT2D eigenvalue weighted by Gasteiger charge is 2.36. The number of nitrogens with one attached hydrogen (secondary N) is 2. The van der Waals surface area contributed by atoms with Crippen molar-refractivity contribution in [3.8, 4) is 0 Å². The van der Waals surface area contributed by atoms with Crippen LogP contribution in [0.5, 0.6) is 0 Å². The molecule has 1 aromatic heterocycles. The van der Waals surface area contributed by atoms with E-state index in [2.05, 4.69) is 31.7 Å². The number of rotatable bonds is 12. The lowest BCUT2D eigenvalue weighted by molar-refractivity contribution is -0.117. The average Bonchev–Trinajstić information content (AvgIpc) is 3.58. The molecule has 11 heteroatoms. The number of benzene rings is 1. The first-order valence-electron chi connectivity index (χ1n) is 11.4. The van der Waals surface area contributed by atoms with E-state index in [0.717, 1.165) is 16.8 Å². The van der Waals surface area contributed by atoms with Crippen molar-refractivity contribution < 1.29 is 17.9 Å². The number of aryl methyl sites for hydroxylation is 1. The van der Waals surface area contributed by atoms with Gasteiger partial charge in [-0.25, -0.2) is 18.4 Å². The molecule has 1 saturated carbocycles. The Hall–Kier alpha value is -3.05. The lowest BCUT2D eigenvalue weighted by Gasteiger charge is -2.15. The van der Waals surface area contributed by atoms with Gasteiger partial charge in [-0.3, -0.25) is 14.5 Å². The van der Waals surface area contributed by atoms with Crippen LogP contribution in [0.4, 0.5) is 10.8 Å². The highest BCUT2D eigenvalue weighted by atomic mass is 32.2. The number of thiazole rings is 1. The number of hydrogen-bond acceptors (Lipinski definition) is 8. The second-order valence-corrected chi connectivity index (χ2v) is 11.0. The van der Waals surface area contributed by atoms with E-state index < -0.39 is 15.9 Å². The van der Waals surface area contributed by atoms with Gasteiger partial charge in [0.15, 0.2) is 5.13 Å². The van der Waals surface area contributed by atoms with Crippen LogP contribution in [0.3, 0.4) is 0 Å². The zero-order valence-electron chi connectivity index (χ0n) is 20.4. The molecule has 9 nitrogen and oxygen atoms in total. The van der Waals surface area contributed by atoms with Gasteiger partial charge in [0.25, 0.3) is 0 Å². The number of ether oxygens (including phenoxy) is 1. The summed E-state index contributed by atoms with van der Waals surface area (Å²) in [5, 5.41) is 4.67. The van der Waals surface area contributed by atoms with Gasteiger partial charge in [0, 0.05) is 16.8 Å². The summed E-state index contributed by atoms with van der Waals surface area (Å²) >= 11 is 1.19. The summed E-state index contributed by atoms with van der Waals surface area (Å²) in [5.41, 5.74) is 3.73. The fourth-order valence-electron chi connectivity index (χ4n) is 3.41. The van der Waals surface area contributed by atoms with Gasteiger partial charge in [-0.1, -0.05) is 13.0 Å². The van der Waals surface area contributed by atoms with Gasteiger partial charge >= 0.3 is 0 Å². The van der Waals surface area contributed by atoms with Crippen LogP contribution in [0.2, 0.25) is 0 Å². The Kier molecular flexibility index (Phi) is 8.79. The number of aliphatic imine (C=N–C) groups is 2. The van der Waals surface area contributed by atoms with Crippen molar-refractivity contribution >= 4 is 50.5 Å². The Labute approximate surface area is 210 Å². The maximum absolute atomic E-state index is 13.1. The van der Waals surface area contributed by atoms with Gasteiger partial charge in [0.05, 0.1) is 29.7 Å². The summed E-state index contributed by atoms with van der Waals surface area (Å²) in [6.45, 7) is 11.4. The number of carbonyl (C=O) groups excluding carboxylic acids is 1. The molecule has 3 rings (SSSR count). The zero-order valence-corrected chi connectivity index (χ0v) is 22.0. The molecule has 0 saturated heterocycles. The third-order valence-corrected chi connectivity index (χ3v) is 8.20. The number of anilines is 2.